The summed E-state index contributed by atoms with van der Waals surface area (Å²) in [7, 11) is -2.14. The van der Waals surface area contributed by atoms with Crippen LogP contribution in [-0.2, 0) is 25.0 Å². The molecule has 0 saturated carbocycles. The first-order valence-corrected chi connectivity index (χ1v) is 11.2. The molecule has 2 N–H and O–H groups in total. The number of sulfonamides is 1. The lowest BCUT2D eigenvalue weighted by Gasteiger charge is -2.37. The molecule has 1 aliphatic rings. The molecule has 0 unspecified atom stereocenters. The van der Waals surface area contributed by atoms with E-state index in [9.17, 15) is 17.6 Å². The van der Waals surface area contributed by atoms with Gasteiger partial charge in [-0.3, -0.25) is 4.79 Å². The van der Waals surface area contributed by atoms with Gasteiger partial charge < -0.3 is 10.1 Å². The van der Waals surface area contributed by atoms with Gasteiger partial charge in [0.05, 0.1) is 4.90 Å². The summed E-state index contributed by atoms with van der Waals surface area (Å²) in [5.74, 6) is -0.545. The summed E-state index contributed by atoms with van der Waals surface area (Å²) in [4.78, 5) is 12.5. The predicted molar refractivity (Wildman–Crippen MR) is 113 cm³/mol. The van der Waals surface area contributed by atoms with Crippen molar-refractivity contribution in [2.45, 2.75) is 23.2 Å². The first kappa shape index (κ1) is 22.1. The normalized spacial score (nSPS) is 16.5. The van der Waals surface area contributed by atoms with E-state index in [2.05, 4.69) is 10.0 Å². The number of carbonyl (C=O) groups excluding carboxylic acids is 1. The molecule has 2 aromatic carbocycles. The molecule has 8 heteroatoms. The Hall–Kier alpha value is -2.55. The lowest BCUT2D eigenvalue weighted by atomic mass is 9.74. The number of amides is 1. The van der Waals surface area contributed by atoms with Crippen LogP contribution in [0.5, 0.6) is 0 Å². The zero-order valence-electron chi connectivity index (χ0n) is 16.7. The minimum atomic E-state index is -3.49. The topological polar surface area (TPSA) is 84.5 Å². The molecular formula is C22H25FN2O4S. The van der Waals surface area contributed by atoms with Gasteiger partial charge in [0.1, 0.15) is 5.82 Å². The molecule has 0 radical (unpaired) electrons. The standard InChI is InChI=1S/C22H25FN2O4S/c1-24-30(27,28)20-9-2-17(3-10-20)4-11-21(26)25-16-22(12-14-29-15-13-22)18-5-7-19(23)8-6-18/h2-11,24H,12-16H2,1H3,(H,25,26)/b11-4+. The van der Waals surface area contributed by atoms with Gasteiger partial charge in [-0.1, -0.05) is 24.3 Å². The van der Waals surface area contributed by atoms with E-state index in [0.717, 1.165) is 18.4 Å². The Balaban J connectivity index is 1.65. The highest BCUT2D eigenvalue weighted by Crippen LogP contribution is 2.34. The first-order valence-electron chi connectivity index (χ1n) is 9.68. The second kappa shape index (κ2) is 9.51. The van der Waals surface area contributed by atoms with Crippen molar-refractivity contribution in [3.63, 3.8) is 0 Å². The van der Waals surface area contributed by atoms with E-state index in [-0.39, 0.29) is 22.0 Å². The van der Waals surface area contributed by atoms with Crippen molar-refractivity contribution in [3.8, 4) is 0 Å². The second-order valence-corrected chi connectivity index (χ2v) is 9.11. The van der Waals surface area contributed by atoms with E-state index >= 15 is 0 Å². The molecule has 0 bridgehead atoms. The summed E-state index contributed by atoms with van der Waals surface area (Å²) in [6.07, 6.45) is 4.52. The third-order valence-electron chi connectivity index (χ3n) is 5.39. The average molecular weight is 433 g/mol. The number of rotatable bonds is 7. The molecule has 0 aliphatic carbocycles. The Morgan fingerprint density at radius 3 is 2.33 bits per heavy atom. The van der Waals surface area contributed by atoms with Crippen molar-refractivity contribution in [2.24, 2.45) is 0 Å². The van der Waals surface area contributed by atoms with E-state index < -0.39 is 10.0 Å². The largest absolute Gasteiger partial charge is 0.381 e. The van der Waals surface area contributed by atoms with Gasteiger partial charge in [-0.15, -0.1) is 0 Å². The second-order valence-electron chi connectivity index (χ2n) is 7.23. The van der Waals surface area contributed by atoms with Crippen LogP contribution in [0.4, 0.5) is 4.39 Å². The Morgan fingerprint density at radius 2 is 1.73 bits per heavy atom. The summed E-state index contributed by atoms with van der Waals surface area (Å²) in [5, 5.41) is 2.94. The van der Waals surface area contributed by atoms with E-state index in [0.29, 0.717) is 25.3 Å². The van der Waals surface area contributed by atoms with Crippen molar-refractivity contribution in [1.29, 1.82) is 0 Å². The van der Waals surface area contributed by atoms with Crippen LogP contribution in [-0.4, -0.2) is 41.1 Å². The van der Waals surface area contributed by atoms with Crippen molar-refractivity contribution in [1.82, 2.24) is 10.0 Å². The van der Waals surface area contributed by atoms with Crippen LogP contribution in [0.2, 0.25) is 0 Å². The van der Waals surface area contributed by atoms with Gasteiger partial charge in [0.2, 0.25) is 15.9 Å². The molecule has 0 atom stereocenters. The van der Waals surface area contributed by atoms with Crippen LogP contribution in [0.3, 0.4) is 0 Å². The Kier molecular flexibility index (Phi) is 7.02. The number of nitrogens with one attached hydrogen (secondary N) is 2. The summed E-state index contributed by atoms with van der Waals surface area (Å²) < 4.78 is 44.6. The third kappa shape index (κ3) is 5.33. The molecule has 2 aromatic rings. The fourth-order valence-corrected chi connectivity index (χ4v) is 4.23. The van der Waals surface area contributed by atoms with Gasteiger partial charge >= 0.3 is 0 Å². The lowest BCUT2D eigenvalue weighted by Crippen LogP contribution is -2.44. The maximum Gasteiger partial charge on any atom is 0.244 e. The van der Waals surface area contributed by atoms with Crippen molar-refractivity contribution < 1.29 is 22.3 Å². The maximum absolute atomic E-state index is 13.3. The van der Waals surface area contributed by atoms with Crippen molar-refractivity contribution >= 4 is 22.0 Å². The molecule has 6 nitrogen and oxygen atoms in total. The van der Waals surface area contributed by atoms with Crippen LogP contribution < -0.4 is 10.0 Å². The monoisotopic (exact) mass is 432 g/mol. The average Bonchev–Trinajstić information content (AvgIpc) is 2.77. The van der Waals surface area contributed by atoms with Gasteiger partial charge in [-0.25, -0.2) is 17.5 Å². The molecular weight excluding hydrogens is 407 g/mol. The van der Waals surface area contributed by atoms with Gasteiger partial charge in [-0.2, -0.15) is 0 Å². The number of carbonyl (C=O) groups is 1. The van der Waals surface area contributed by atoms with Gasteiger partial charge in [0.15, 0.2) is 0 Å². The van der Waals surface area contributed by atoms with E-state index in [4.69, 9.17) is 4.74 Å². The number of benzene rings is 2. The van der Waals surface area contributed by atoms with E-state index in [1.807, 2.05) is 0 Å². The molecule has 1 amide bonds. The zero-order chi connectivity index (χ0) is 21.6. The van der Waals surface area contributed by atoms with Crippen LogP contribution in [0, 0.1) is 5.82 Å². The smallest absolute Gasteiger partial charge is 0.244 e. The SMILES string of the molecule is CNS(=O)(=O)c1ccc(/C=C/C(=O)NCC2(c3ccc(F)cc3)CCOCC2)cc1. The summed E-state index contributed by atoms with van der Waals surface area (Å²) in [6, 6.07) is 12.6. The van der Waals surface area contributed by atoms with Gasteiger partial charge in [-0.05, 0) is 61.4 Å². The summed E-state index contributed by atoms with van der Waals surface area (Å²) in [5.41, 5.74) is 1.40. The maximum atomic E-state index is 13.3. The molecule has 1 heterocycles. The minimum absolute atomic E-state index is 0.160. The van der Waals surface area contributed by atoms with Crippen LogP contribution >= 0.6 is 0 Å². The molecule has 1 saturated heterocycles. The fraction of sp³-hybridized carbons (Fsp3) is 0.318. The van der Waals surface area contributed by atoms with Crippen LogP contribution in [0.15, 0.2) is 59.5 Å². The number of hydrogen-bond donors (Lipinski definition) is 2. The quantitative estimate of drug-likeness (QED) is 0.659. The summed E-state index contributed by atoms with van der Waals surface area (Å²) >= 11 is 0. The minimum Gasteiger partial charge on any atom is -0.381 e. The van der Waals surface area contributed by atoms with Crippen molar-refractivity contribution in [3.05, 3.63) is 71.6 Å². The van der Waals surface area contributed by atoms with Gasteiger partial charge in [0.25, 0.3) is 0 Å². The Bertz CT molecular complexity index is 996. The predicted octanol–water partition coefficient (Wildman–Crippen LogP) is 2.61. The Labute approximate surface area is 176 Å². The molecule has 30 heavy (non-hydrogen) atoms. The molecule has 3 rings (SSSR count). The highest BCUT2D eigenvalue weighted by atomic mass is 32.2. The fourth-order valence-electron chi connectivity index (χ4n) is 3.50. The molecule has 1 aliphatic heterocycles. The third-order valence-corrected chi connectivity index (χ3v) is 6.82. The number of ether oxygens (including phenoxy) is 1. The number of hydrogen-bond acceptors (Lipinski definition) is 4. The van der Waals surface area contributed by atoms with Crippen LogP contribution in [0.25, 0.3) is 6.08 Å². The van der Waals surface area contributed by atoms with Crippen molar-refractivity contribution in [2.75, 3.05) is 26.8 Å². The summed E-state index contributed by atoms with van der Waals surface area (Å²) in [6.45, 7) is 1.60. The highest BCUT2D eigenvalue weighted by molar-refractivity contribution is 7.89. The number of halogens is 1. The lowest BCUT2D eigenvalue weighted by molar-refractivity contribution is -0.116. The van der Waals surface area contributed by atoms with E-state index in [1.165, 1.54) is 37.4 Å². The zero-order valence-corrected chi connectivity index (χ0v) is 17.5. The van der Waals surface area contributed by atoms with Crippen LogP contribution in [0.1, 0.15) is 24.0 Å². The molecule has 0 aromatic heterocycles. The molecule has 160 valence electrons. The first-order chi connectivity index (χ1) is 14.3. The van der Waals surface area contributed by atoms with Gasteiger partial charge in [0, 0.05) is 31.2 Å². The van der Waals surface area contributed by atoms with E-state index in [1.54, 1.807) is 30.3 Å². The highest BCUT2D eigenvalue weighted by Gasteiger charge is 2.34. The Morgan fingerprint density at radius 1 is 1.10 bits per heavy atom. The molecule has 1 fully saturated rings. The molecule has 0 spiro atoms.